The Bertz CT molecular complexity index is 748. The number of hydrogen-bond acceptors (Lipinski definition) is 3. The Hall–Kier alpha value is -1.50. The molecule has 0 spiro atoms. The molecule has 22 heavy (non-hydrogen) atoms. The lowest BCUT2D eigenvalue weighted by molar-refractivity contribution is -0.137. The molecule has 0 aliphatic carbocycles. The molecule has 0 bridgehead atoms. The zero-order chi connectivity index (χ0) is 16.5. The highest BCUT2D eigenvalue weighted by atomic mass is 35.5. The van der Waals surface area contributed by atoms with Gasteiger partial charge in [0.1, 0.15) is 11.4 Å². The molecule has 0 unspecified atom stereocenters. The van der Waals surface area contributed by atoms with Gasteiger partial charge in [-0.05, 0) is 24.3 Å². The molecule has 1 N–H and O–H groups in total. The monoisotopic (exact) mass is 368 g/mol. The molecule has 1 aromatic heterocycles. The summed E-state index contributed by atoms with van der Waals surface area (Å²) < 4.78 is 37.8. The number of pyridine rings is 1. The van der Waals surface area contributed by atoms with Gasteiger partial charge in [0.05, 0.1) is 15.6 Å². The molecule has 0 aliphatic rings. The third kappa shape index (κ3) is 3.45. The number of aromatic nitrogens is 1. The average molecular weight is 370 g/mol. The average Bonchev–Trinajstić information content (AvgIpc) is 2.42. The van der Waals surface area contributed by atoms with Crippen LogP contribution in [0.4, 0.5) is 13.2 Å². The Kier molecular flexibility index (Phi) is 4.84. The van der Waals surface area contributed by atoms with Crippen molar-refractivity contribution in [2.45, 2.75) is 6.18 Å². The Morgan fingerprint density at radius 2 is 1.77 bits per heavy atom. The van der Waals surface area contributed by atoms with E-state index in [0.717, 1.165) is 0 Å². The molecule has 0 saturated heterocycles. The number of halogens is 6. The summed E-state index contributed by atoms with van der Waals surface area (Å²) in [6, 6.07) is 5.00. The van der Waals surface area contributed by atoms with Gasteiger partial charge in [0, 0.05) is 16.8 Å². The minimum atomic E-state index is -4.58. The van der Waals surface area contributed by atoms with Crippen LogP contribution in [0, 0.1) is 0 Å². The van der Waals surface area contributed by atoms with Crippen molar-refractivity contribution in [3.8, 4) is 0 Å². The fourth-order valence-corrected chi connectivity index (χ4v) is 2.43. The molecule has 2 aromatic rings. The van der Waals surface area contributed by atoms with Crippen molar-refractivity contribution in [3.05, 3.63) is 62.4 Å². The number of alkyl halides is 3. The highest BCUT2D eigenvalue weighted by Crippen LogP contribution is 2.32. The maximum Gasteiger partial charge on any atom is 0.417 e. The van der Waals surface area contributed by atoms with Crippen molar-refractivity contribution >= 4 is 40.5 Å². The summed E-state index contributed by atoms with van der Waals surface area (Å²) in [5.74, 6) is 0. The molecule has 0 radical (unpaired) electrons. The van der Waals surface area contributed by atoms with E-state index in [9.17, 15) is 13.2 Å². The van der Waals surface area contributed by atoms with Crippen LogP contribution in [0.15, 0.2) is 35.6 Å². The van der Waals surface area contributed by atoms with E-state index >= 15 is 0 Å². The second-order valence-electron chi connectivity index (χ2n) is 4.12. The molecule has 1 heterocycles. The molecule has 0 amide bonds. The van der Waals surface area contributed by atoms with Gasteiger partial charge in [0.2, 0.25) is 0 Å². The molecular weight excluding hydrogens is 364 g/mol. The third-order valence-corrected chi connectivity index (χ3v) is 3.51. The fourth-order valence-electron chi connectivity index (χ4n) is 1.68. The van der Waals surface area contributed by atoms with Crippen molar-refractivity contribution in [2.24, 2.45) is 5.16 Å². The van der Waals surface area contributed by atoms with E-state index in [-0.39, 0.29) is 27.0 Å². The lowest BCUT2D eigenvalue weighted by Gasteiger charge is -2.11. The van der Waals surface area contributed by atoms with Gasteiger partial charge >= 0.3 is 6.18 Å². The van der Waals surface area contributed by atoms with E-state index in [2.05, 4.69) is 10.1 Å². The molecule has 0 aliphatic heterocycles. The first kappa shape index (κ1) is 16.9. The molecular formula is C13H6Cl3F3N2O. The summed E-state index contributed by atoms with van der Waals surface area (Å²) in [6.07, 6.45) is -3.99. The first-order valence-electron chi connectivity index (χ1n) is 5.64. The van der Waals surface area contributed by atoms with Gasteiger partial charge in [-0.15, -0.1) is 0 Å². The number of rotatable bonds is 2. The fraction of sp³-hybridized carbons (Fsp3) is 0.0769. The topological polar surface area (TPSA) is 45.5 Å². The van der Waals surface area contributed by atoms with Crippen LogP contribution in [0.2, 0.25) is 15.1 Å². The van der Waals surface area contributed by atoms with Gasteiger partial charge in [-0.25, -0.2) is 0 Å². The third-order valence-electron chi connectivity index (χ3n) is 2.68. The maximum absolute atomic E-state index is 12.6. The maximum atomic E-state index is 12.6. The first-order valence-corrected chi connectivity index (χ1v) is 6.78. The van der Waals surface area contributed by atoms with Gasteiger partial charge in [-0.1, -0.05) is 40.0 Å². The van der Waals surface area contributed by atoms with Crippen LogP contribution in [0.25, 0.3) is 0 Å². The lowest BCUT2D eigenvalue weighted by atomic mass is 10.1. The Labute approximate surface area is 137 Å². The van der Waals surface area contributed by atoms with Crippen LogP contribution >= 0.6 is 34.8 Å². The Morgan fingerprint density at radius 3 is 2.27 bits per heavy atom. The molecule has 9 heteroatoms. The number of hydrogen-bond donors (Lipinski definition) is 1. The van der Waals surface area contributed by atoms with Crippen molar-refractivity contribution in [1.29, 1.82) is 0 Å². The summed E-state index contributed by atoms with van der Waals surface area (Å²) in [5, 5.41) is 12.3. The molecule has 116 valence electrons. The normalized spacial score (nSPS) is 12.5. The van der Waals surface area contributed by atoms with E-state index < -0.39 is 11.7 Å². The summed E-state index contributed by atoms with van der Waals surface area (Å²) in [7, 11) is 0. The van der Waals surface area contributed by atoms with Crippen LogP contribution < -0.4 is 0 Å². The van der Waals surface area contributed by atoms with Gasteiger partial charge in [0.15, 0.2) is 0 Å². The van der Waals surface area contributed by atoms with Gasteiger partial charge < -0.3 is 5.21 Å². The second-order valence-corrected chi connectivity index (χ2v) is 5.38. The van der Waals surface area contributed by atoms with Crippen molar-refractivity contribution in [1.82, 2.24) is 4.98 Å². The van der Waals surface area contributed by atoms with Gasteiger partial charge in [-0.2, -0.15) is 13.2 Å². The van der Waals surface area contributed by atoms with Crippen LogP contribution in [-0.4, -0.2) is 15.9 Å². The van der Waals surface area contributed by atoms with Crippen molar-refractivity contribution in [3.63, 3.8) is 0 Å². The van der Waals surface area contributed by atoms with Crippen molar-refractivity contribution in [2.75, 3.05) is 0 Å². The van der Waals surface area contributed by atoms with Crippen LogP contribution in [0.5, 0.6) is 0 Å². The smallest absolute Gasteiger partial charge is 0.410 e. The Morgan fingerprint density at radius 1 is 1.09 bits per heavy atom. The SMILES string of the molecule is ON=C(c1ccc(Cl)cc1Cl)c1ncc(C(F)(F)F)cc1Cl. The minimum absolute atomic E-state index is 0.137. The van der Waals surface area contributed by atoms with E-state index in [1.807, 2.05) is 0 Å². The molecule has 3 nitrogen and oxygen atoms in total. The largest absolute Gasteiger partial charge is 0.417 e. The zero-order valence-electron chi connectivity index (χ0n) is 10.5. The van der Waals surface area contributed by atoms with Crippen LogP contribution in [0.1, 0.15) is 16.8 Å². The minimum Gasteiger partial charge on any atom is -0.410 e. The van der Waals surface area contributed by atoms with Crippen LogP contribution in [0.3, 0.4) is 0 Å². The summed E-state index contributed by atoms with van der Waals surface area (Å²) in [6.45, 7) is 0. The number of oxime groups is 1. The number of benzene rings is 1. The predicted molar refractivity (Wildman–Crippen MR) is 78.1 cm³/mol. The highest BCUT2D eigenvalue weighted by molar-refractivity contribution is 6.39. The number of nitrogens with zero attached hydrogens (tertiary/aromatic N) is 2. The van der Waals surface area contributed by atoms with Crippen LogP contribution in [-0.2, 0) is 6.18 Å². The van der Waals surface area contributed by atoms with Gasteiger partial charge in [0.25, 0.3) is 0 Å². The summed E-state index contributed by atoms with van der Waals surface area (Å²) in [4.78, 5) is 3.62. The summed E-state index contributed by atoms with van der Waals surface area (Å²) >= 11 is 17.6. The van der Waals surface area contributed by atoms with Gasteiger partial charge in [-0.3, -0.25) is 4.98 Å². The van der Waals surface area contributed by atoms with E-state index in [4.69, 9.17) is 40.0 Å². The molecule has 1 aromatic carbocycles. The molecule has 0 atom stereocenters. The molecule has 0 saturated carbocycles. The molecule has 2 rings (SSSR count). The standard InChI is InChI=1S/C13H6Cl3F3N2O/c14-7-1-2-8(9(15)4-7)11(21-22)12-10(16)3-6(5-20-12)13(17,18)19/h1-5,22H. The van der Waals surface area contributed by atoms with Crippen molar-refractivity contribution < 1.29 is 18.4 Å². The first-order chi connectivity index (χ1) is 10.2. The Balaban J connectivity index is 2.53. The van der Waals surface area contributed by atoms with E-state index in [1.165, 1.54) is 18.2 Å². The van der Waals surface area contributed by atoms with E-state index in [0.29, 0.717) is 17.3 Å². The second kappa shape index (κ2) is 6.32. The quantitative estimate of drug-likeness (QED) is 0.444. The summed E-state index contributed by atoms with van der Waals surface area (Å²) in [5.41, 5.74) is -1.09. The van der Waals surface area contributed by atoms with E-state index in [1.54, 1.807) is 0 Å². The zero-order valence-corrected chi connectivity index (χ0v) is 12.8. The predicted octanol–water partition coefficient (Wildman–Crippen LogP) is 5.29. The highest BCUT2D eigenvalue weighted by Gasteiger charge is 2.32. The lowest BCUT2D eigenvalue weighted by Crippen LogP contribution is -2.11. The molecule has 0 fully saturated rings.